The molecule has 30 heavy (non-hydrogen) atoms. The van der Waals surface area contributed by atoms with Gasteiger partial charge in [0.1, 0.15) is 17.5 Å². The van der Waals surface area contributed by atoms with E-state index in [9.17, 15) is 8.78 Å². The number of aryl methyl sites for hydroxylation is 1. The van der Waals surface area contributed by atoms with Gasteiger partial charge in [-0.3, -0.25) is 0 Å². The average molecular weight is 399 g/mol. The molecule has 0 saturated carbocycles. The third-order valence-electron chi connectivity index (χ3n) is 4.77. The fourth-order valence-electron chi connectivity index (χ4n) is 3.30. The van der Waals surface area contributed by atoms with Crippen molar-refractivity contribution in [2.45, 2.75) is 6.92 Å². The molecule has 1 N–H and O–H groups in total. The molecular formula is C23H15F2N5. The second kappa shape index (κ2) is 7.11. The van der Waals surface area contributed by atoms with Crippen molar-refractivity contribution in [2.24, 2.45) is 0 Å². The molecule has 7 heteroatoms. The molecule has 3 aromatic carbocycles. The summed E-state index contributed by atoms with van der Waals surface area (Å²) >= 11 is 0. The van der Waals surface area contributed by atoms with E-state index in [1.807, 2.05) is 25.1 Å². The molecule has 0 aliphatic carbocycles. The van der Waals surface area contributed by atoms with E-state index in [-0.39, 0.29) is 11.6 Å². The Morgan fingerprint density at radius 2 is 1.17 bits per heavy atom. The van der Waals surface area contributed by atoms with Gasteiger partial charge in [-0.25, -0.2) is 18.7 Å². The van der Waals surface area contributed by atoms with Crippen LogP contribution in [-0.4, -0.2) is 25.1 Å². The van der Waals surface area contributed by atoms with Gasteiger partial charge in [0.2, 0.25) is 0 Å². The summed E-state index contributed by atoms with van der Waals surface area (Å²) < 4.78 is 26.9. The van der Waals surface area contributed by atoms with Gasteiger partial charge in [-0.05, 0) is 73.7 Å². The van der Waals surface area contributed by atoms with Crippen molar-refractivity contribution in [3.05, 3.63) is 84.2 Å². The highest BCUT2D eigenvalue weighted by Gasteiger charge is 2.15. The number of nitrogens with zero attached hydrogens (tertiary/aromatic N) is 4. The molecule has 0 unspecified atom stereocenters. The molecule has 2 aromatic heterocycles. The Kier molecular flexibility index (Phi) is 4.28. The highest BCUT2D eigenvalue weighted by molar-refractivity contribution is 5.88. The van der Waals surface area contributed by atoms with Gasteiger partial charge in [0.25, 0.3) is 0 Å². The first-order valence-corrected chi connectivity index (χ1v) is 9.30. The van der Waals surface area contributed by atoms with E-state index in [2.05, 4.69) is 15.2 Å². The number of benzene rings is 3. The smallest absolute Gasteiger partial charge is 0.161 e. The number of aromatic amines is 1. The minimum absolute atomic E-state index is 0.331. The van der Waals surface area contributed by atoms with Crippen molar-refractivity contribution in [3.63, 3.8) is 0 Å². The lowest BCUT2D eigenvalue weighted by Gasteiger charge is -2.11. The van der Waals surface area contributed by atoms with Crippen molar-refractivity contribution in [1.29, 1.82) is 0 Å². The monoisotopic (exact) mass is 399 g/mol. The molecule has 5 rings (SSSR count). The molecule has 5 nitrogen and oxygen atoms in total. The van der Waals surface area contributed by atoms with Crippen molar-refractivity contribution in [1.82, 2.24) is 25.1 Å². The Morgan fingerprint density at radius 3 is 1.70 bits per heavy atom. The van der Waals surface area contributed by atoms with Crippen molar-refractivity contribution < 1.29 is 8.78 Å². The first-order valence-electron chi connectivity index (χ1n) is 9.30. The van der Waals surface area contributed by atoms with Crippen LogP contribution in [0.15, 0.2) is 66.7 Å². The number of H-pyrrole nitrogens is 1. The lowest BCUT2D eigenvalue weighted by atomic mass is 10.0. The zero-order chi connectivity index (χ0) is 20.7. The van der Waals surface area contributed by atoms with Crippen LogP contribution in [0.2, 0.25) is 0 Å². The summed E-state index contributed by atoms with van der Waals surface area (Å²) in [6.07, 6.45) is 0. The first-order chi connectivity index (χ1) is 14.6. The molecule has 146 valence electrons. The first kappa shape index (κ1) is 18.1. The summed E-state index contributed by atoms with van der Waals surface area (Å²) in [5.41, 5.74) is 4.78. The molecule has 0 spiro atoms. The summed E-state index contributed by atoms with van der Waals surface area (Å²) in [6, 6.07) is 17.8. The number of halogens is 2. The van der Waals surface area contributed by atoms with Gasteiger partial charge in [0.05, 0.1) is 22.4 Å². The van der Waals surface area contributed by atoms with Gasteiger partial charge >= 0.3 is 0 Å². The van der Waals surface area contributed by atoms with Gasteiger partial charge in [-0.2, -0.15) is 0 Å². The fourth-order valence-corrected chi connectivity index (χ4v) is 3.30. The zero-order valence-electron chi connectivity index (χ0n) is 15.9. The Bertz CT molecular complexity index is 1360. The Labute approximate surface area is 170 Å². The van der Waals surface area contributed by atoms with E-state index in [0.29, 0.717) is 33.8 Å². The SMILES string of the molecule is Cc1nnc(-c2ccc3nc(-c4ccc(F)cc4)c(-c4ccc(F)cc4)nc3c2)[nH]1. The lowest BCUT2D eigenvalue weighted by Crippen LogP contribution is -1.96. The Morgan fingerprint density at radius 1 is 0.633 bits per heavy atom. The maximum absolute atomic E-state index is 13.5. The Hall–Kier alpha value is -4.00. The van der Waals surface area contributed by atoms with Gasteiger partial charge in [0, 0.05) is 16.7 Å². The second-order valence-electron chi connectivity index (χ2n) is 6.90. The number of hydrogen-bond acceptors (Lipinski definition) is 4. The van der Waals surface area contributed by atoms with Crippen LogP contribution in [0.5, 0.6) is 0 Å². The maximum atomic E-state index is 13.5. The average Bonchev–Trinajstić information content (AvgIpc) is 3.20. The predicted octanol–water partition coefficient (Wildman–Crippen LogP) is 5.34. The topological polar surface area (TPSA) is 67.3 Å². The number of fused-ring (bicyclic) bond motifs is 1. The molecule has 0 bridgehead atoms. The van der Waals surface area contributed by atoms with Crippen LogP contribution in [0.4, 0.5) is 8.78 Å². The number of aromatic nitrogens is 5. The van der Waals surface area contributed by atoms with E-state index in [1.165, 1.54) is 24.3 Å². The van der Waals surface area contributed by atoms with Crippen LogP contribution in [0, 0.1) is 18.6 Å². The zero-order valence-corrected chi connectivity index (χ0v) is 15.9. The summed E-state index contributed by atoms with van der Waals surface area (Å²) in [6.45, 7) is 1.83. The number of rotatable bonds is 3. The lowest BCUT2D eigenvalue weighted by molar-refractivity contribution is 0.627. The third kappa shape index (κ3) is 3.30. The maximum Gasteiger partial charge on any atom is 0.161 e. The van der Waals surface area contributed by atoms with Crippen molar-refractivity contribution >= 4 is 11.0 Å². The van der Waals surface area contributed by atoms with Crippen LogP contribution in [0.3, 0.4) is 0 Å². The number of hydrogen-bond donors (Lipinski definition) is 1. The van der Waals surface area contributed by atoms with Gasteiger partial charge in [0.15, 0.2) is 5.82 Å². The summed E-state index contributed by atoms with van der Waals surface area (Å²) in [5, 5.41) is 8.13. The molecular weight excluding hydrogens is 384 g/mol. The summed E-state index contributed by atoms with van der Waals surface area (Å²) in [7, 11) is 0. The largest absolute Gasteiger partial charge is 0.325 e. The molecule has 0 aliphatic heterocycles. The van der Waals surface area contributed by atoms with Gasteiger partial charge in [-0.1, -0.05) is 0 Å². The van der Waals surface area contributed by atoms with E-state index in [0.717, 1.165) is 17.0 Å². The van der Waals surface area contributed by atoms with E-state index >= 15 is 0 Å². The van der Waals surface area contributed by atoms with E-state index in [4.69, 9.17) is 9.97 Å². The summed E-state index contributed by atoms with van der Waals surface area (Å²) in [4.78, 5) is 12.7. The van der Waals surface area contributed by atoms with Crippen LogP contribution >= 0.6 is 0 Å². The third-order valence-corrected chi connectivity index (χ3v) is 4.77. The normalized spacial score (nSPS) is 11.2. The summed E-state index contributed by atoms with van der Waals surface area (Å²) in [5.74, 6) is 0.693. The molecule has 0 amide bonds. The van der Waals surface area contributed by atoms with Crippen LogP contribution in [0.25, 0.3) is 44.9 Å². The minimum atomic E-state index is -0.334. The Balaban J connectivity index is 1.73. The highest BCUT2D eigenvalue weighted by Crippen LogP contribution is 2.32. The molecule has 0 aliphatic rings. The van der Waals surface area contributed by atoms with Gasteiger partial charge < -0.3 is 4.98 Å². The molecule has 5 aromatic rings. The van der Waals surface area contributed by atoms with Crippen LogP contribution in [-0.2, 0) is 0 Å². The standard InChI is InChI=1S/C23H15F2N5/c1-13-26-23(30-29-13)16-6-11-19-20(12-16)28-22(15-4-9-18(25)10-5-15)21(27-19)14-2-7-17(24)8-3-14/h2-12H,1H3,(H,26,29,30). The molecule has 0 radical (unpaired) electrons. The molecule has 0 atom stereocenters. The number of nitrogens with one attached hydrogen (secondary N) is 1. The van der Waals surface area contributed by atoms with Crippen LogP contribution < -0.4 is 0 Å². The van der Waals surface area contributed by atoms with E-state index < -0.39 is 0 Å². The predicted molar refractivity (Wildman–Crippen MR) is 110 cm³/mol. The van der Waals surface area contributed by atoms with Gasteiger partial charge in [-0.15, -0.1) is 10.2 Å². The molecule has 0 fully saturated rings. The highest BCUT2D eigenvalue weighted by atomic mass is 19.1. The molecule has 0 saturated heterocycles. The van der Waals surface area contributed by atoms with Crippen LogP contribution in [0.1, 0.15) is 5.82 Å². The fraction of sp³-hybridized carbons (Fsp3) is 0.0435. The van der Waals surface area contributed by atoms with Crippen molar-refractivity contribution in [2.75, 3.05) is 0 Å². The van der Waals surface area contributed by atoms with Crippen molar-refractivity contribution in [3.8, 4) is 33.9 Å². The minimum Gasteiger partial charge on any atom is -0.325 e. The molecule has 2 heterocycles. The quantitative estimate of drug-likeness (QED) is 0.445. The van der Waals surface area contributed by atoms with E-state index in [1.54, 1.807) is 24.3 Å². The second-order valence-corrected chi connectivity index (χ2v) is 6.90.